The maximum Gasteiger partial charge on any atom is 0.319 e. The molecular weight excluding hydrogens is 473 g/mol. The number of aliphatic hydroxyl groups is 1. The van der Waals surface area contributed by atoms with Gasteiger partial charge in [-0.25, -0.2) is 17.6 Å². The number of urea groups is 1. The zero-order valence-corrected chi connectivity index (χ0v) is 20.2. The summed E-state index contributed by atoms with van der Waals surface area (Å²) in [5.74, 6) is -0.963. The van der Waals surface area contributed by atoms with Crippen LogP contribution in [0.3, 0.4) is 0 Å². The molecule has 0 aliphatic carbocycles. The number of rotatable bonds is 7. The maximum absolute atomic E-state index is 13.4. The Hall–Kier alpha value is -3.76. The van der Waals surface area contributed by atoms with Crippen molar-refractivity contribution in [3.05, 3.63) is 89.2 Å². The molecule has 35 heavy (non-hydrogen) atoms. The first-order chi connectivity index (χ1) is 16.3. The smallest absolute Gasteiger partial charge is 0.319 e. The zero-order valence-electron chi connectivity index (χ0n) is 19.4. The van der Waals surface area contributed by atoms with E-state index in [1.54, 1.807) is 31.2 Å². The van der Waals surface area contributed by atoms with E-state index < -0.39 is 33.2 Å². The highest BCUT2D eigenvalue weighted by atomic mass is 32.2. The Morgan fingerprint density at radius 3 is 2.37 bits per heavy atom. The molecule has 8 nitrogen and oxygen atoms in total. The fraction of sp³-hybridized carbons (Fsp3) is 0.200. The van der Waals surface area contributed by atoms with Gasteiger partial charge >= 0.3 is 6.03 Å². The fourth-order valence-electron chi connectivity index (χ4n) is 3.30. The van der Waals surface area contributed by atoms with Crippen molar-refractivity contribution < 1.29 is 27.5 Å². The van der Waals surface area contributed by atoms with Crippen molar-refractivity contribution in [3.8, 4) is 0 Å². The van der Waals surface area contributed by atoms with Crippen molar-refractivity contribution in [1.29, 1.82) is 0 Å². The first-order valence-corrected chi connectivity index (χ1v) is 12.5. The highest BCUT2D eigenvalue weighted by molar-refractivity contribution is 7.90. The van der Waals surface area contributed by atoms with E-state index in [9.17, 15) is 27.5 Å². The lowest BCUT2D eigenvalue weighted by molar-refractivity contribution is 0.0596. The lowest BCUT2D eigenvalue weighted by atomic mass is 9.96. The molecule has 1 unspecified atom stereocenters. The van der Waals surface area contributed by atoms with Crippen LogP contribution >= 0.6 is 0 Å². The topological polar surface area (TPSA) is 125 Å². The highest BCUT2D eigenvalue weighted by Gasteiger charge is 2.24. The van der Waals surface area contributed by atoms with Gasteiger partial charge in [0.2, 0.25) is 0 Å². The molecule has 184 valence electrons. The molecular formula is C25H26FN3O5S. The molecule has 0 aromatic heterocycles. The third kappa shape index (κ3) is 6.87. The lowest BCUT2D eigenvalue weighted by Crippen LogP contribution is -2.40. The number of sulfone groups is 1. The van der Waals surface area contributed by atoms with E-state index in [1.165, 1.54) is 49.4 Å². The second-order valence-electron chi connectivity index (χ2n) is 8.38. The number of halogens is 1. The lowest BCUT2D eigenvalue weighted by Gasteiger charge is -2.24. The summed E-state index contributed by atoms with van der Waals surface area (Å²) in [4.78, 5) is 24.9. The second kappa shape index (κ2) is 10.2. The molecule has 3 aromatic rings. The van der Waals surface area contributed by atoms with E-state index in [1.807, 2.05) is 0 Å². The van der Waals surface area contributed by atoms with Crippen LogP contribution in [0.1, 0.15) is 28.4 Å². The largest absolute Gasteiger partial charge is 0.384 e. The molecule has 3 amide bonds. The van der Waals surface area contributed by atoms with Crippen LogP contribution in [-0.2, 0) is 15.4 Å². The van der Waals surface area contributed by atoms with Gasteiger partial charge < -0.3 is 21.1 Å². The standard InChI is InChI=1S/C25H26FN3O5S/c1-16-12-20(28-24(31)27-15-25(2,32)18-7-5-8-19(26)14-18)10-11-22(16)29-23(30)17-6-4-9-21(13-17)35(3,33)34/h4-14,32H,15H2,1-3H3,(H,29,30)(H2,27,28,31). The summed E-state index contributed by atoms with van der Waals surface area (Å²) in [6, 6.07) is 15.5. The van der Waals surface area contributed by atoms with Crippen LogP contribution in [0.25, 0.3) is 0 Å². The normalized spacial score (nSPS) is 12.9. The SMILES string of the molecule is Cc1cc(NC(=O)NCC(C)(O)c2cccc(F)c2)ccc1NC(=O)c1cccc(S(C)(=O)=O)c1. The zero-order chi connectivity index (χ0) is 25.8. The molecule has 0 saturated heterocycles. The van der Waals surface area contributed by atoms with Crippen molar-refractivity contribution in [2.45, 2.75) is 24.3 Å². The summed E-state index contributed by atoms with van der Waals surface area (Å²) in [5.41, 5.74) is 0.636. The minimum atomic E-state index is -3.45. The number of hydrogen-bond donors (Lipinski definition) is 4. The first-order valence-electron chi connectivity index (χ1n) is 10.6. The molecule has 4 N–H and O–H groups in total. The summed E-state index contributed by atoms with van der Waals surface area (Å²) in [5, 5.41) is 18.5. The van der Waals surface area contributed by atoms with Crippen LogP contribution in [-0.4, -0.2) is 38.3 Å². The van der Waals surface area contributed by atoms with Crippen LogP contribution in [0.4, 0.5) is 20.6 Å². The Balaban J connectivity index is 1.62. The van der Waals surface area contributed by atoms with Gasteiger partial charge in [0.1, 0.15) is 11.4 Å². The fourth-order valence-corrected chi connectivity index (χ4v) is 3.96. The minimum Gasteiger partial charge on any atom is -0.384 e. The summed E-state index contributed by atoms with van der Waals surface area (Å²) in [6.45, 7) is 3.05. The predicted octanol–water partition coefficient (Wildman–Crippen LogP) is 3.82. The number of carbonyl (C=O) groups excluding carboxylic acids is 2. The third-order valence-electron chi connectivity index (χ3n) is 5.30. The third-order valence-corrected chi connectivity index (χ3v) is 6.41. The van der Waals surface area contributed by atoms with Crippen molar-refractivity contribution >= 4 is 33.2 Å². The van der Waals surface area contributed by atoms with E-state index in [0.717, 1.165) is 6.26 Å². The molecule has 0 spiro atoms. The van der Waals surface area contributed by atoms with Gasteiger partial charge in [-0.05, 0) is 73.5 Å². The molecule has 3 rings (SSSR count). The quantitative estimate of drug-likeness (QED) is 0.393. The Morgan fingerprint density at radius 1 is 1.00 bits per heavy atom. The van der Waals surface area contributed by atoms with Crippen molar-refractivity contribution in [2.24, 2.45) is 0 Å². The molecule has 0 bridgehead atoms. The number of aryl methyl sites for hydroxylation is 1. The molecule has 3 aromatic carbocycles. The average Bonchev–Trinajstić information content (AvgIpc) is 2.79. The van der Waals surface area contributed by atoms with Crippen molar-refractivity contribution in [2.75, 3.05) is 23.4 Å². The molecule has 10 heteroatoms. The molecule has 0 heterocycles. The highest BCUT2D eigenvalue weighted by Crippen LogP contribution is 2.22. The number of benzene rings is 3. The Morgan fingerprint density at radius 2 is 1.71 bits per heavy atom. The van der Waals surface area contributed by atoms with Crippen LogP contribution in [0.15, 0.2) is 71.6 Å². The molecule has 1 atom stereocenters. The molecule has 0 radical (unpaired) electrons. The van der Waals surface area contributed by atoms with Crippen molar-refractivity contribution in [1.82, 2.24) is 5.32 Å². The number of carbonyl (C=O) groups is 2. The van der Waals surface area contributed by atoms with Crippen LogP contribution in [0, 0.1) is 12.7 Å². The predicted molar refractivity (Wildman–Crippen MR) is 132 cm³/mol. The summed E-state index contributed by atoms with van der Waals surface area (Å²) in [7, 11) is -3.45. The Kier molecular flexibility index (Phi) is 7.57. The van der Waals surface area contributed by atoms with Gasteiger partial charge in [-0.3, -0.25) is 4.79 Å². The maximum atomic E-state index is 13.4. The van der Waals surface area contributed by atoms with Gasteiger partial charge in [-0.15, -0.1) is 0 Å². The van der Waals surface area contributed by atoms with E-state index in [0.29, 0.717) is 22.5 Å². The van der Waals surface area contributed by atoms with Gasteiger partial charge in [-0.1, -0.05) is 18.2 Å². The van der Waals surface area contributed by atoms with Gasteiger partial charge in [0.15, 0.2) is 9.84 Å². The van der Waals surface area contributed by atoms with Gasteiger partial charge in [0.05, 0.1) is 11.4 Å². The number of anilines is 2. The molecule has 0 aliphatic rings. The molecule has 0 aliphatic heterocycles. The molecule has 0 saturated carbocycles. The van der Waals surface area contributed by atoms with Crippen LogP contribution in [0.5, 0.6) is 0 Å². The van der Waals surface area contributed by atoms with E-state index in [-0.39, 0.29) is 17.0 Å². The van der Waals surface area contributed by atoms with Crippen molar-refractivity contribution in [3.63, 3.8) is 0 Å². The van der Waals surface area contributed by atoms with E-state index in [2.05, 4.69) is 16.0 Å². The first kappa shape index (κ1) is 25.9. The second-order valence-corrected chi connectivity index (χ2v) is 10.4. The Labute approximate surface area is 203 Å². The number of hydrogen-bond acceptors (Lipinski definition) is 5. The van der Waals surface area contributed by atoms with Gasteiger partial charge in [-0.2, -0.15) is 0 Å². The van der Waals surface area contributed by atoms with E-state index >= 15 is 0 Å². The summed E-state index contributed by atoms with van der Waals surface area (Å²) >= 11 is 0. The Bertz CT molecular complexity index is 1370. The number of nitrogens with one attached hydrogen (secondary N) is 3. The van der Waals surface area contributed by atoms with Gasteiger partial charge in [0.25, 0.3) is 5.91 Å². The summed E-state index contributed by atoms with van der Waals surface area (Å²) in [6.07, 6.45) is 1.07. The minimum absolute atomic E-state index is 0.0452. The van der Waals surface area contributed by atoms with Gasteiger partial charge in [0, 0.05) is 23.2 Å². The number of amides is 3. The monoisotopic (exact) mass is 499 g/mol. The van der Waals surface area contributed by atoms with Crippen LogP contribution in [0.2, 0.25) is 0 Å². The summed E-state index contributed by atoms with van der Waals surface area (Å²) < 4.78 is 36.9. The van der Waals surface area contributed by atoms with Crippen LogP contribution < -0.4 is 16.0 Å². The average molecular weight is 500 g/mol. The van der Waals surface area contributed by atoms with E-state index in [4.69, 9.17) is 0 Å². The molecule has 0 fully saturated rings.